The summed E-state index contributed by atoms with van der Waals surface area (Å²) in [5.74, 6) is -0.0867. The summed E-state index contributed by atoms with van der Waals surface area (Å²) in [6.07, 6.45) is -0.884. The van der Waals surface area contributed by atoms with Crippen LogP contribution in [0.15, 0.2) is 16.8 Å². The van der Waals surface area contributed by atoms with Gasteiger partial charge < -0.3 is 14.6 Å². The van der Waals surface area contributed by atoms with Crippen LogP contribution in [0.4, 0.5) is 4.79 Å². The highest BCUT2D eigenvalue weighted by molar-refractivity contribution is 7.97. The van der Waals surface area contributed by atoms with Crippen LogP contribution in [-0.2, 0) is 9.47 Å². The minimum absolute atomic E-state index is 0.0351. The molecule has 5 nitrogen and oxygen atoms in total. The second-order valence-electron chi connectivity index (χ2n) is 3.04. The second-order valence-corrected chi connectivity index (χ2v) is 5.90. The average Bonchev–Trinajstić information content (AvgIpc) is 2.64. The van der Waals surface area contributed by atoms with Gasteiger partial charge in [-0.15, -0.1) is 11.3 Å². The molecule has 0 bridgehead atoms. The molecule has 0 atom stereocenters. The van der Waals surface area contributed by atoms with Crippen LogP contribution in [0.2, 0.25) is 4.34 Å². The Morgan fingerprint density at radius 1 is 1.59 bits per heavy atom. The molecule has 0 unspecified atom stereocenters. The number of rotatable bonds is 1. The summed E-state index contributed by atoms with van der Waals surface area (Å²) in [7, 11) is 2.86. The van der Waals surface area contributed by atoms with Gasteiger partial charge >= 0.3 is 6.16 Å². The van der Waals surface area contributed by atoms with Gasteiger partial charge in [-0.2, -0.15) is 0 Å². The Hall–Kier alpha value is -1.05. The standard InChI is InChI=1S/C9H8ClNO4S2/c1-11-8(15-9(13)14-2)6(12)7-4(17-11)3-5(10)16-7/h3,12H,1-2H3. The quantitative estimate of drug-likeness (QED) is 0.633. The summed E-state index contributed by atoms with van der Waals surface area (Å²) in [5.41, 5.74) is 0. The van der Waals surface area contributed by atoms with Gasteiger partial charge in [0.2, 0.25) is 0 Å². The number of hydrogen-bond donors (Lipinski definition) is 1. The zero-order valence-corrected chi connectivity index (χ0v) is 11.3. The molecule has 8 heteroatoms. The van der Waals surface area contributed by atoms with Gasteiger partial charge in [0, 0.05) is 7.05 Å². The first-order valence-corrected chi connectivity index (χ1v) is 6.40. The molecule has 1 aromatic rings. The van der Waals surface area contributed by atoms with Crippen molar-refractivity contribution in [2.24, 2.45) is 0 Å². The van der Waals surface area contributed by atoms with Crippen molar-refractivity contribution >= 4 is 46.8 Å². The lowest BCUT2D eigenvalue weighted by molar-refractivity contribution is 0.0840. The fourth-order valence-electron chi connectivity index (χ4n) is 1.25. The minimum Gasteiger partial charge on any atom is -0.502 e. The highest BCUT2D eigenvalue weighted by Gasteiger charge is 2.29. The number of carbonyl (C=O) groups is 1. The summed E-state index contributed by atoms with van der Waals surface area (Å²) in [5, 5.41) is 9.99. The predicted molar refractivity (Wildman–Crippen MR) is 66.0 cm³/mol. The summed E-state index contributed by atoms with van der Waals surface area (Å²) >= 11 is 8.39. The Morgan fingerprint density at radius 3 is 2.94 bits per heavy atom. The zero-order chi connectivity index (χ0) is 12.6. The van der Waals surface area contributed by atoms with E-state index >= 15 is 0 Å². The Bertz CT molecular complexity index is 499. The molecular formula is C9H8ClNO4S2. The molecule has 1 aromatic heterocycles. The van der Waals surface area contributed by atoms with Gasteiger partial charge in [-0.1, -0.05) is 11.6 Å². The summed E-state index contributed by atoms with van der Waals surface area (Å²) in [6.45, 7) is 0. The van der Waals surface area contributed by atoms with E-state index in [-0.39, 0.29) is 11.6 Å². The van der Waals surface area contributed by atoms with E-state index in [4.69, 9.17) is 16.3 Å². The number of fused-ring (bicyclic) bond motifs is 1. The first kappa shape index (κ1) is 12.4. The summed E-state index contributed by atoms with van der Waals surface area (Å²) in [6, 6.07) is 1.74. The monoisotopic (exact) mass is 293 g/mol. The molecule has 0 aromatic carbocycles. The molecule has 1 aliphatic heterocycles. The molecule has 1 aliphatic rings. The van der Waals surface area contributed by atoms with E-state index < -0.39 is 6.16 Å². The van der Waals surface area contributed by atoms with Crippen molar-refractivity contribution in [1.29, 1.82) is 0 Å². The SMILES string of the molecule is COC(=O)OC1=C(O)c2sc(Cl)cc2SN1C. The van der Waals surface area contributed by atoms with Crippen LogP contribution < -0.4 is 0 Å². The van der Waals surface area contributed by atoms with Crippen LogP contribution in [0, 0.1) is 0 Å². The Labute approximate surface area is 111 Å². The molecule has 17 heavy (non-hydrogen) atoms. The summed E-state index contributed by atoms with van der Waals surface area (Å²) in [4.78, 5) is 12.4. The van der Waals surface area contributed by atoms with Crippen LogP contribution in [-0.4, -0.2) is 29.7 Å². The number of halogens is 1. The molecule has 0 aliphatic carbocycles. The summed E-state index contributed by atoms with van der Waals surface area (Å²) < 4.78 is 11.3. The van der Waals surface area contributed by atoms with E-state index in [0.29, 0.717) is 9.21 Å². The van der Waals surface area contributed by atoms with Gasteiger partial charge in [-0.3, -0.25) is 4.31 Å². The van der Waals surface area contributed by atoms with Crippen LogP contribution in [0.5, 0.6) is 0 Å². The fourth-order valence-corrected chi connectivity index (χ4v) is 3.53. The van der Waals surface area contributed by atoms with E-state index in [2.05, 4.69) is 4.74 Å². The first-order chi connectivity index (χ1) is 8.02. The number of carbonyl (C=O) groups excluding carboxylic acids is 1. The number of methoxy groups -OCH3 is 1. The van der Waals surface area contributed by atoms with Gasteiger partial charge in [0.15, 0.2) is 5.76 Å². The van der Waals surface area contributed by atoms with Crippen molar-refractivity contribution < 1.29 is 19.4 Å². The maximum atomic E-state index is 11.0. The fraction of sp³-hybridized carbons (Fsp3) is 0.222. The molecule has 1 N–H and O–H groups in total. The molecule has 2 rings (SSSR count). The van der Waals surface area contributed by atoms with E-state index in [1.54, 1.807) is 13.1 Å². The van der Waals surface area contributed by atoms with Crippen molar-refractivity contribution in [1.82, 2.24) is 4.31 Å². The topological polar surface area (TPSA) is 59.0 Å². The lowest BCUT2D eigenvalue weighted by Crippen LogP contribution is -2.20. The van der Waals surface area contributed by atoms with Gasteiger partial charge in [0.1, 0.15) is 0 Å². The smallest absolute Gasteiger partial charge is 0.502 e. The second kappa shape index (κ2) is 4.67. The number of hydrogen-bond acceptors (Lipinski definition) is 7. The molecular weight excluding hydrogens is 286 g/mol. The van der Waals surface area contributed by atoms with Crippen molar-refractivity contribution in [2.75, 3.05) is 14.2 Å². The zero-order valence-electron chi connectivity index (χ0n) is 8.89. The molecule has 2 heterocycles. The van der Waals surface area contributed by atoms with Gasteiger partial charge in [-0.25, -0.2) is 4.79 Å². The maximum Gasteiger partial charge on any atom is 0.515 e. The highest BCUT2D eigenvalue weighted by atomic mass is 35.5. The van der Waals surface area contributed by atoms with Gasteiger partial charge in [-0.05, 0) is 18.0 Å². The lowest BCUT2D eigenvalue weighted by atomic mass is 10.4. The van der Waals surface area contributed by atoms with E-state index in [1.807, 2.05) is 0 Å². The van der Waals surface area contributed by atoms with Crippen LogP contribution in [0.1, 0.15) is 4.88 Å². The average molecular weight is 294 g/mol. The molecule has 0 saturated carbocycles. The van der Waals surface area contributed by atoms with Crippen molar-refractivity contribution in [2.45, 2.75) is 4.90 Å². The number of aliphatic hydroxyl groups excluding tert-OH is 1. The van der Waals surface area contributed by atoms with Crippen LogP contribution in [0.25, 0.3) is 5.76 Å². The maximum absolute atomic E-state index is 11.0. The molecule has 0 spiro atoms. The number of aliphatic hydroxyl groups is 1. The van der Waals surface area contributed by atoms with E-state index in [9.17, 15) is 9.90 Å². The number of nitrogens with zero attached hydrogens (tertiary/aromatic N) is 1. The predicted octanol–water partition coefficient (Wildman–Crippen LogP) is 3.32. The number of thiophene rings is 1. The molecule has 0 amide bonds. The van der Waals surface area contributed by atoms with Gasteiger partial charge in [0.05, 0.1) is 21.2 Å². The molecule has 0 radical (unpaired) electrons. The third kappa shape index (κ3) is 2.31. The Morgan fingerprint density at radius 2 is 2.29 bits per heavy atom. The van der Waals surface area contributed by atoms with E-state index in [1.165, 1.54) is 34.7 Å². The third-order valence-electron chi connectivity index (χ3n) is 1.95. The molecule has 92 valence electrons. The Balaban J connectivity index is 2.39. The third-order valence-corrected chi connectivity index (χ3v) is 4.31. The highest BCUT2D eigenvalue weighted by Crippen LogP contribution is 2.45. The lowest BCUT2D eigenvalue weighted by Gasteiger charge is -2.24. The number of ether oxygens (including phenoxy) is 2. The van der Waals surface area contributed by atoms with Crippen LogP contribution >= 0.6 is 34.9 Å². The molecule has 0 saturated heterocycles. The minimum atomic E-state index is -0.884. The van der Waals surface area contributed by atoms with Crippen LogP contribution in [0.3, 0.4) is 0 Å². The van der Waals surface area contributed by atoms with Crippen molar-refractivity contribution in [3.8, 4) is 0 Å². The first-order valence-electron chi connectivity index (χ1n) is 4.43. The van der Waals surface area contributed by atoms with E-state index in [0.717, 1.165) is 4.90 Å². The largest absolute Gasteiger partial charge is 0.515 e. The van der Waals surface area contributed by atoms with Gasteiger partial charge in [0.25, 0.3) is 5.88 Å². The van der Waals surface area contributed by atoms with Crippen molar-refractivity contribution in [3.63, 3.8) is 0 Å². The normalized spacial score (nSPS) is 14.6. The Kier molecular flexibility index (Phi) is 3.41. The molecule has 0 fully saturated rings. The van der Waals surface area contributed by atoms with Crippen molar-refractivity contribution in [3.05, 3.63) is 21.2 Å².